The van der Waals surface area contributed by atoms with E-state index in [-0.39, 0.29) is 10.7 Å². The monoisotopic (exact) mass is 513 g/mol. The van der Waals surface area contributed by atoms with Crippen molar-refractivity contribution in [3.05, 3.63) is 56.4 Å². The largest absolute Gasteiger partial charge is 0.416 e. The summed E-state index contributed by atoms with van der Waals surface area (Å²) in [6, 6.07) is 4.58. The quantitative estimate of drug-likeness (QED) is 0.296. The number of likely N-dealkylation sites (tertiary alicyclic amines) is 1. The fourth-order valence-corrected chi connectivity index (χ4v) is 5.34. The van der Waals surface area contributed by atoms with Crippen LogP contribution in [0.15, 0.2) is 24.3 Å². The molecule has 2 aromatic heterocycles. The number of benzene rings is 1. The molecular formula is C23H24ClF4N5S. The zero-order valence-electron chi connectivity index (χ0n) is 19.0. The number of aromatic nitrogens is 3. The second-order valence-electron chi connectivity index (χ2n) is 8.62. The maximum atomic E-state index is 14.2. The third kappa shape index (κ3) is 5.67. The molecule has 0 saturated carbocycles. The van der Waals surface area contributed by atoms with Crippen LogP contribution in [0.4, 0.5) is 23.5 Å². The number of hydrogen-bond donors (Lipinski definition) is 0. The van der Waals surface area contributed by atoms with Gasteiger partial charge in [0.1, 0.15) is 11.0 Å². The molecule has 11 heteroatoms. The Bertz CT molecular complexity index is 1180. The van der Waals surface area contributed by atoms with Gasteiger partial charge in [0.25, 0.3) is 0 Å². The number of halogens is 5. The molecule has 3 heterocycles. The van der Waals surface area contributed by atoms with Gasteiger partial charge in [-0.25, -0.2) is 19.3 Å². The predicted octanol–water partition coefficient (Wildman–Crippen LogP) is 6.05. The minimum atomic E-state index is -4.65. The van der Waals surface area contributed by atoms with E-state index < -0.39 is 17.6 Å². The average Bonchev–Trinajstić information content (AvgIpc) is 3.32. The van der Waals surface area contributed by atoms with Crippen molar-refractivity contribution >= 4 is 28.9 Å². The lowest BCUT2D eigenvalue weighted by Gasteiger charge is -2.20. The molecule has 1 aliphatic rings. The Kier molecular flexibility index (Phi) is 7.12. The van der Waals surface area contributed by atoms with Crippen molar-refractivity contribution in [3.8, 4) is 11.3 Å². The van der Waals surface area contributed by atoms with E-state index in [9.17, 15) is 17.6 Å². The first kappa shape index (κ1) is 24.8. The smallest absolute Gasteiger partial charge is 0.347 e. The summed E-state index contributed by atoms with van der Waals surface area (Å²) < 4.78 is 54.2. The number of anilines is 1. The van der Waals surface area contributed by atoms with Crippen LogP contribution in [0.25, 0.3) is 11.3 Å². The molecule has 0 unspecified atom stereocenters. The van der Waals surface area contributed by atoms with Crippen LogP contribution in [0.1, 0.15) is 40.9 Å². The van der Waals surface area contributed by atoms with Gasteiger partial charge in [-0.15, -0.1) is 11.3 Å². The van der Waals surface area contributed by atoms with Crippen LogP contribution in [0, 0.1) is 5.82 Å². The first-order chi connectivity index (χ1) is 16.0. The second-order valence-corrected chi connectivity index (χ2v) is 10.2. The Morgan fingerprint density at radius 1 is 1.15 bits per heavy atom. The number of hydrogen-bond acceptors (Lipinski definition) is 6. The van der Waals surface area contributed by atoms with Gasteiger partial charge >= 0.3 is 6.18 Å². The van der Waals surface area contributed by atoms with E-state index >= 15 is 0 Å². The molecule has 1 aliphatic heterocycles. The summed E-state index contributed by atoms with van der Waals surface area (Å²) >= 11 is 7.55. The molecular weight excluding hydrogens is 490 g/mol. The molecule has 1 saturated heterocycles. The summed E-state index contributed by atoms with van der Waals surface area (Å²) in [5, 5.41) is 0.950. The van der Waals surface area contributed by atoms with Crippen LogP contribution < -0.4 is 4.90 Å². The Hall–Kier alpha value is -2.30. The molecule has 0 spiro atoms. The number of rotatable bonds is 6. The lowest BCUT2D eigenvalue weighted by atomic mass is 10.1. The van der Waals surface area contributed by atoms with E-state index in [1.807, 2.05) is 0 Å². The maximum Gasteiger partial charge on any atom is 0.416 e. The molecule has 0 N–H and O–H groups in total. The molecule has 5 nitrogen and oxygen atoms in total. The molecule has 1 aromatic carbocycles. The fourth-order valence-electron chi connectivity index (χ4n) is 4.01. The zero-order valence-corrected chi connectivity index (χ0v) is 20.5. The van der Waals surface area contributed by atoms with Gasteiger partial charge in [0.2, 0.25) is 5.95 Å². The van der Waals surface area contributed by atoms with Gasteiger partial charge in [-0.1, -0.05) is 11.6 Å². The van der Waals surface area contributed by atoms with Crippen LogP contribution >= 0.6 is 22.9 Å². The van der Waals surface area contributed by atoms with E-state index in [2.05, 4.69) is 26.8 Å². The minimum Gasteiger partial charge on any atom is -0.347 e. The van der Waals surface area contributed by atoms with Gasteiger partial charge in [0.15, 0.2) is 0 Å². The van der Waals surface area contributed by atoms with E-state index in [0.29, 0.717) is 47.4 Å². The SMILES string of the molecule is C[C@@H]1CCCN1Cc1sc(Cc2cc(Cl)nc(N(C)C)n2)nc1-c1cc(F)cc(C(F)(F)F)c1. The number of thiazole rings is 1. The second kappa shape index (κ2) is 9.75. The first-order valence-corrected chi connectivity index (χ1v) is 12.0. The molecule has 1 fully saturated rings. The van der Waals surface area contributed by atoms with Crippen molar-refractivity contribution < 1.29 is 17.6 Å². The van der Waals surface area contributed by atoms with Crippen molar-refractivity contribution in [2.75, 3.05) is 25.5 Å². The first-order valence-electron chi connectivity index (χ1n) is 10.8. The summed E-state index contributed by atoms with van der Waals surface area (Å²) in [5.41, 5.74) is 0.0968. The van der Waals surface area contributed by atoms with Crippen molar-refractivity contribution in [2.45, 2.75) is 44.9 Å². The number of nitrogens with zero attached hydrogens (tertiary/aromatic N) is 5. The molecule has 1 atom stereocenters. The lowest BCUT2D eigenvalue weighted by Crippen LogP contribution is -2.25. The van der Waals surface area contributed by atoms with Crippen LogP contribution in [0.5, 0.6) is 0 Å². The standard InChI is InChI=1S/C23H24ClF4N5S/c1-13-5-4-6-33(13)12-18-21(14-7-15(23(26,27)28)9-16(25)8-14)31-20(34-18)11-17-10-19(24)30-22(29-17)32(2)3/h7-10,13H,4-6,11-12H2,1-3H3/t13-/m1/s1. The van der Waals surface area contributed by atoms with Crippen molar-refractivity contribution in [1.82, 2.24) is 19.9 Å². The van der Waals surface area contributed by atoms with Crippen molar-refractivity contribution in [1.29, 1.82) is 0 Å². The van der Waals surface area contributed by atoms with Crippen molar-refractivity contribution in [2.24, 2.45) is 0 Å². The fraction of sp³-hybridized carbons (Fsp3) is 0.435. The van der Waals surface area contributed by atoms with Gasteiger partial charge in [-0.2, -0.15) is 13.2 Å². The lowest BCUT2D eigenvalue weighted by molar-refractivity contribution is -0.137. The van der Waals surface area contributed by atoms with E-state index in [4.69, 9.17) is 11.6 Å². The van der Waals surface area contributed by atoms with Crippen molar-refractivity contribution in [3.63, 3.8) is 0 Å². The average molecular weight is 514 g/mol. The third-order valence-corrected chi connectivity index (χ3v) is 6.98. The van der Waals surface area contributed by atoms with E-state index in [1.54, 1.807) is 25.1 Å². The molecule has 4 rings (SSSR count). The van der Waals surface area contributed by atoms with E-state index in [1.165, 1.54) is 11.3 Å². The topological polar surface area (TPSA) is 45.2 Å². The maximum absolute atomic E-state index is 14.2. The van der Waals surface area contributed by atoms with Crippen LogP contribution in [-0.2, 0) is 19.1 Å². The third-order valence-electron chi connectivity index (χ3n) is 5.75. The van der Waals surface area contributed by atoms with Gasteiger partial charge < -0.3 is 4.90 Å². The minimum absolute atomic E-state index is 0.117. The Labute approximate surface area is 204 Å². The highest BCUT2D eigenvalue weighted by Crippen LogP contribution is 2.37. The normalized spacial score (nSPS) is 16.9. The highest BCUT2D eigenvalue weighted by Gasteiger charge is 2.32. The summed E-state index contributed by atoms with van der Waals surface area (Å²) in [6.07, 6.45) is -2.20. The van der Waals surface area contributed by atoms with Gasteiger partial charge in [0.05, 0.1) is 22.0 Å². The van der Waals surface area contributed by atoms with E-state index in [0.717, 1.165) is 36.4 Å². The summed E-state index contributed by atoms with van der Waals surface area (Å²) in [6.45, 7) is 3.57. The Balaban J connectivity index is 1.75. The molecule has 34 heavy (non-hydrogen) atoms. The highest BCUT2D eigenvalue weighted by atomic mass is 35.5. The zero-order chi connectivity index (χ0) is 24.6. The van der Waals surface area contributed by atoms with Crippen LogP contribution in [-0.4, -0.2) is 46.5 Å². The molecule has 0 radical (unpaired) electrons. The Morgan fingerprint density at radius 2 is 1.91 bits per heavy atom. The summed E-state index contributed by atoms with van der Waals surface area (Å²) in [5.74, 6) is -0.497. The van der Waals surface area contributed by atoms with Crippen LogP contribution in [0.2, 0.25) is 5.15 Å². The summed E-state index contributed by atoms with van der Waals surface area (Å²) in [4.78, 5) is 18.1. The van der Waals surface area contributed by atoms with Gasteiger partial charge in [-0.3, -0.25) is 4.90 Å². The molecule has 0 bridgehead atoms. The van der Waals surface area contributed by atoms with Gasteiger partial charge in [-0.05, 0) is 50.6 Å². The summed E-state index contributed by atoms with van der Waals surface area (Å²) in [7, 11) is 3.60. The molecule has 0 amide bonds. The van der Waals surface area contributed by atoms with Gasteiger partial charge in [0, 0.05) is 43.5 Å². The predicted molar refractivity (Wildman–Crippen MR) is 126 cm³/mol. The molecule has 3 aromatic rings. The van der Waals surface area contributed by atoms with Crippen LogP contribution in [0.3, 0.4) is 0 Å². The Morgan fingerprint density at radius 3 is 2.56 bits per heavy atom. The number of alkyl halides is 3. The molecule has 182 valence electrons. The highest BCUT2D eigenvalue weighted by molar-refractivity contribution is 7.12. The molecule has 0 aliphatic carbocycles.